The van der Waals surface area contributed by atoms with Gasteiger partial charge in [-0.3, -0.25) is 4.79 Å². The molecule has 0 bridgehead atoms. The van der Waals surface area contributed by atoms with Gasteiger partial charge in [-0.1, -0.05) is 13.8 Å². The molecule has 2 atom stereocenters. The van der Waals surface area contributed by atoms with Crippen LogP contribution < -0.4 is 5.32 Å². The van der Waals surface area contributed by atoms with E-state index in [1.807, 2.05) is 4.90 Å². The van der Waals surface area contributed by atoms with E-state index >= 15 is 0 Å². The van der Waals surface area contributed by atoms with Gasteiger partial charge in [0, 0.05) is 6.54 Å². The number of likely N-dealkylation sites (tertiary alicyclic amines) is 1. The highest BCUT2D eigenvalue weighted by atomic mass is 16.3. The molecule has 2 saturated heterocycles. The first-order valence-electron chi connectivity index (χ1n) is 6.71. The predicted molar refractivity (Wildman–Crippen MR) is 66.6 cm³/mol. The van der Waals surface area contributed by atoms with Crippen LogP contribution in [-0.2, 0) is 4.79 Å². The van der Waals surface area contributed by atoms with Crippen molar-refractivity contribution in [3.63, 3.8) is 0 Å². The van der Waals surface area contributed by atoms with Crippen LogP contribution in [0.15, 0.2) is 0 Å². The Balaban J connectivity index is 2.08. The summed E-state index contributed by atoms with van der Waals surface area (Å²) >= 11 is 0. The molecule has 0 aliphatic carbocycles. The molecule has 4 heteroatoms. The number of hydrogen-bond donors (Lipinski definition) is 2. The fourth-order valence-electron chi connectivity index (χ4n) is 3.11. The highest BCUT2D eigenvalue weighted by molar-refractivity contribution is 5.83. The zero-order valence-electron chi connectivity index (χ0n) is 10.9. The van der Waals surface area contributed by atoms with Crippen molar-refractivity contribution < 1.29 is 9.90 Å². The van der Waals surface area contributed by atoms with Crippen molar-refractivity contribution in [3.8, 4) is 0 Å². The summed E-state index contributed by atoms with van der Waals surface area (Å²) in [5, 5.41) is 12.7. The fraction of sp³-hybridized carbons (Fsp3) is 0.923. The molecule has 1 amide bonds. The van der Waals surface area contributed by atoms with E-state index in [9.17, 15) is 9.90 Å². The molecule has 4 nitrogen and oxygen atoms in total. The smallest absolute Gasteiger partial charge is 0.240 e. The quantitative estimate of drug-likeness (QED) is 0.749. The number of nitrogens with one attached hydrogen (secondary N) is 1. The minimum absolute atomic E-state index is 0.0257. The summed E-state index contributed by atoms with van der Waals surface area (Å²) < 4.78 is 0. The van der Waals surface area contributed by atoms with E-state index in [1.165, 1.54) is 0 Å². The lowest BCUT2D eigenvalue weighted by Gasteiger charge is -2.41. The second-order valence-electron chi connectivity index (χ2n) is 5.99. The number of nitrogens with zero attached hydrogens (tertiary/aromatic N) is 1. The first kappa shape index (κ1) is 12.8. The van der Waals surface area contributed by atoms with Gasteiger partial charge >= 0.3 is 0 Å². The van der Waals surface area contributed by atoms with Crippen LogP contribution in [0.25, 0.3) is 0 Å². The molecule has 0 radical (unpaired) electrons. The van der Waals surface area contributed by atoms with Crippen LogP contribution in [0.5, 0.6) is 0 Å². The molecule has 0 spiro atoms. The monoisotopic (exact) mass is 240 g/mol. The van der Waals surface area contributed by atoms with Crippen LogP contribution in [-0.4, -0.2) is 47.7 Å². The van der Waals surface area contributed by atoms with Gasteiger partial charge in [0.25, 0.3) is 0 Å². The zero-order chi connectivity index (χ0) is 12.5. The number of aliphatic hydroxyl groups is 1. The summed E-state index contributed by atoms with van der Waals surface area (Å²) in [5.74, 6) is 0.186. The molecule has 0 saturated carbocycles. The lowest BCUT2D eigenvalue weighted by atomic mass is 9.77. The number of amides is 1. The lowest BCUT2D eigenvalue weighted by molar-refractivity contribution is -0.139. The number of carbonyl (C=O) groups excluding carboxylic acids is 1. The van der Waals surface area contributed by atoms with Crippen LogP contribution in [0.4, 0.5) is 0 Å². The second-order valence-corrected chi connectivity index (χ2v) is 5.99. The Kier molecular flexibility index (Phi) is 3.73. The van der Waals surface area contributed by atoms with Crippen LogP contribution in [0, 0.1) is 5.41 Å². The van der Waals surface area contributed by atoms with Crippen LogP contribution >= 0.6 is 0 Å². The molecule has 98 valence electrons. The molecule has 2 aliphatic rings. The molecule has 0 aromatic heterocycles. The molecule has 0 aromatic carbocycles. The van der Waals surface area contributed by atoms with Crippen molar-refractivity contribution in [2.24, 2.45) is 5.41 Å². The van der Waals surface area contributed by atoms with Crippen LogP contribution in [0.2, 0.25) is 0 Å². The van der Waals surface area contributed by atoms with Gasteiger partial charge in [0.1, 0.15) is 0 Å². The summed E-state index contributed by atoms with van der Waals surface area (Å²) in [5.41, 5.74) is 0.0257. The molecule has 17 heavy (non-hydrogen) atoms. The summed E-state index contributed by atoms with van der Waals surface area (Å²) in [6.07, 6.45) is 4.19. The average molecular weight is 240 g/mol. The first-order valence-corrected chi connectivity index (χ1v) is 6.71. The molecule has 2 rings (SSSR count). The lowest BCUT2D eigenvalue weighted by Crippen LogP contribution is -2.57. The topological polar surface area (TPSA) is 52.6 Å². The van der Waals surface area contributed by atoms with Crippen molar-refractivity contribution in [1.29, 1.82) is 0 Å². The molecular weight excluding hydrogens is 216 g/mol. The van der Waals surface area contributed by atoms with E-state index in [0.29, 0.717) is 0 Å². The zero-order valence-corrected chi connectivity index (χ0v) is 10.9. The van der Waals surface area contributed by atoms with Gasteiger partial charge in [0.2, 0.25) is 5.91 Å². The van der Waals surface area contributed by atoms with E-state index in [0.717, 1.165) is 38.8 Å². The molecule has 2 aliphatic heterocycles. The third-order valence-corrected chi connectivity index (χ3v) is 4.25. The van der Waals surface area contributed by atoms with Crippen LogP contribution in [0.1, 0.15) is 39.5 Å². The predicted octanol–water partition coefficient (Wildman–Crippen LogP) is 0.748. The van der Waals surface area contributed by atoms with Crippen molar-refractivity contribution in [1.82, 2.24) is 10.2 Å². The third kappa shape index (κ3) is 2.47. The maximum atomic E-state index is 12.5. The Morgan fingerprint density at radius 2 is 2.24 bits per heavy atom. The van der Waals surface area contributed by atoms with Crippen LogP contribution in [0.3, 0.4) is 0 Å². The first-order chi connectivity index (χ1) is 8.06. The van der Waals surface area contributed by atoms with Gasteiger partial charge in [-0.2, -0.15) is 0 Å². The Bertz CT molecular complexity index is 291. The molecular formula is C13H24N2O2. The highest BCUT2D eigenvalue weighted by Crippen LogP contribution is 2.32. The van der Waals surface area contributed by atoms with Gasteiger partial charge in [-0.15, -0.1) is 0 Å². The van der Waals surface area contributed by atoms with Crippen molar-refractivity contribution in [3.05, 3.63) is 0 Å². The summed E-state index contributed by atoms with van der Waals surface area (Å²) in [4.78, 5) is 14.4. The Labute approximate surface area is 103 Å². The minimum Gasteiger partial charge on any atom is -0.394 e. The van der Waals surface area contributed by atoms with E-state index < -0.39 is 0 Å². The minimum atomic E-state index is -0.0802. The number of aliphatic hydroxyl groups excluding tert-OH is 1. The van der Waals surface area contributed by atoms with E-state index in [2.05, 4.69) is 19.2 Å². The standard InChI is InChI=1S/C13H24N2O2/c1-13(2)6-4-7-14-11(13)12(17)15-8-3-5-10(15)9-16/h10-11,14,16H,3-9H2,1-2H3. The van der Waals surface area contributed by atoms with Gasteiger partial charge in [0.15, 0.2) is 0 Å². The number of piperidine rings is 1. The van der Waals surface area contributed by atoms with Gasteiger partial charge in [-0.25, -0.2) is 0 Å². The fourth-order valence-corrected chi connectivity index (χ4v) is 3.11. The molecule has 2 heterocycles. The van der Waals surface area contributed by atoms with Gasteiger partial charge in [-0.05, 0) is 37.6 Å². The van der Waals surface area contributed by atoms with Gasteiger partial charge in [0.05, 0.1) is 18.7 Å². The largest absolute Gasteiger partial charge is 0.394 e. The Morgan fingerprint density at radius 3 is 2.88 bits per heavy atom. The maximum absolute atomic E-state index is 12.5. The average Bonchev–Trinajstić information content (AvgIpc) is 2.75. The van der Waals surface area contributed by atoms with Crippen molar-refractivity contribution in [2.45, 2.75) is 51.6 Å². The normalized spacial score (nSPS) is 32.8. The third-order valence-electron chi connectivity index (χ3n) is 4.25. The summed E-state index contributed by atoms with van der Waals surface area (Å²) in [7, 11) is 0. The Morgan fingerprint density at radius 1 is 1.47 bits per heavy atom. The highest BCUT2D eigenvalue weighted by Gasteiger charge is 2.41. The maximum Gasteiger partial charge on any atom is 0.240 e. The second kappa shape index (κ2) is 4.94. The SMILES string of the molecule is CC1(C)CCCNC1C(=O)N1CCCC1CO. The van der Waals surface area contributed by atoms with Gasteiger partial charge < -0.3 is 15.3 Å². The number of carbonyl (C=O) groups is 1. The van der Waals surface area contributed by atoms with E-state index in [-0.39, 0.29) is 30.0 Å². The summed E-state index contributed by atoms with van der Waals surface area (Å²) in [6.45, 7) is 6.15. The summed E-state index contributed by atoms with van der Waals surface area (Å²) in [6, 6.07) is -0.0366. The van der Waals surface area contributed by atoms with Crippen molar-refractivity contribution in [2.75, 3.05) is 19.7 Å². The molecule has 2 N–H and O–H groups in total. The van der Waals surface area contributed by atoms with Crippen molar-refractivity contribution >= 4 is 5.91 Å². The molecule has 2 fully saturated rings. The Hall–Kier alpha value is -0.610. The number of hydrogen-bond acceptors (Lipinski definition) is 3. The molecule has 0 aromatic rings. The van der Waals surface area contributed by atoms with E-state index in [1.54, 1.807) is 0 Å². The number of rotatable bonds is 2. The van der Waals surface area contributed by atoms with E-state index in [4.69, 9.17) is 0 Å². The molecule has 2 unspecified atom stereocenters.